The number of benzene rings is 2. The minimum Gasteiger partial charge on any atom is -0.298 e. The zero-order valence-electron chi connectivity index (χ0n) is 7.19. The Bertz CT molecular complexity index is 534. The van der Waals surface area contributed by atoms with Gasteiger partial charge < -0.3 is 0 Å². The van der Waals surface area contributed by atoms with Gasteiger partial charge in [-0.1, -0.05) is 39.8 Å². The Morgan fingerprint density at radius 3 is 2.86 bits per heavy atom. The topological polar surface area (TPSA) is 17.1 Å². The molecular weight excluding hydrogens is 212 g/mol. The summed E-state index contributed by atoms with van der Waals surface area (Å²) in [6, 6.07) is 10.2. The van der Waals surface area contributed by atoms with E-state index in [0.717, 1.165) is 16.7 Å². The van der Waals surface area contributed by atoms with Crippen LogP contribution in [0.4, 0.5) is 0 Å². The fourth-order valence-corrected chi connectivity index (χ4v) is 4.34. The van der Waals surface area contributed by atoms with Crippen LogP contribution in [0, 0.1) is 0 Å². The monoisotopic (exact) mass is 218 g/mol. The Kier molecular flexibility index (Phi) is 1.82. The molecule has 0 saturated heterocycles. The zero-order valence-corrected chi connectivity index (χ0v) is 8.82. The van der Waals surface area contributed by atoms with Crippen molar-refractivity contribution in [3.05, 3.63) is 35.9 Å². The molecular formula is C11H6OS2. The number of hydrogen-bond donors (Lipinski definition) is 0. The van der Waals surface area contributed by atoms with E-state index < -0.39 is 0 Å². The first-order valence-electron chi connectivity index (χ1n) is 4.25. The van der Waals surface area contributed by atoms with Gasteiger partial charge in [0.25, 0.3) is 0 Å². The highest BCUT2D eigenvalue weighted by Gasteiger charge is 2.18. The summed E-state index contributed by atoms with van der Waals surface area (Å²) in [6.45, 7) is 0. The van der Waals surface area contributed by atoms with E-state index in [1.807, 2.05) is 12.1 Å². The number of aldehydes is 1. The van der Waals surface area contributed by atoms with Crippen molar-refractivity contribution in [3.63, 3.8) is 0 Å². The molecule has 0 saturated carbocycles. The molecule has 0 spiro atoms. The molecule has 3 heteroatoms. The third-order valence-corrected chi connectivity index (χ3v) is 4.83. The van der Waals surface area contributed by atoms with Gasteiger partial charge in [0.1, 0.15) is 0 Å². The Morgan fingerprint density at radius 1 is 1.07 bits per heavy atom. The summed E-state index contributed by atoms with van der Waals surface area (Å²) >= 11 is 0. The van der Waals surface area contributed by atoms with Crippen LogP contribution in [0.15, 0.2) is 40.1 Å². The SMILES string of the molecule is O=Cc1ccc2cccc3c2c1SS3. The number of hydrogen-bond acceptors (Lipinski definition) is 3. The van der Waals surface area contributed by atoms with Crippen LogP contribution in [0.25, 0.3) is 10.8 Å². The normalized spacial score (nSPS) is 13.4. The molecule has 0 N–H and O–H groups in total. The zero-order chi connectivity index (χ0) is 9.54. The molecule has 0 aliphatic carbocycles. The third kappa shape index (κ3) is 1.03. The largest absolute Gasteiger partial charge is 0.298 e. The van der Waals surface area contributed by atoms with Gasteiger partial charge in [-0.2, -0.15) is 0 Å². The van der Waals surface area contributed by atoms with Crippen molar-refractivity contribution in [1.29, 1.82) is 0 Å². The van der Waals surface area contributed by atoms with E-state index in [4.69, 9.17) is 0 Å². The molecule has 1 aliphatic rings. The lowest BCUT2D eigenvalue weighted by Crippen LogP contribution is -1.83. The summed E-state index contributed by atoms with van der Waals surface area (Å²) < 4.78 is 0. The van der Waals surface area contributed by atoms with Crippen molar-refractivity contribution in [1.82, 2.24) is 0 Å². The van der Waals surface area contributed by atoms with E-state index in [0.29, 0.717) is 0 Å². The molecule has 3 rings (SSSR count). The lowest BCUT2D eigenvalue weighted by Gasteiger charge is -2.01. The standard InChI is InChI=1S/C11H6OS2/c12-6-8-5-4-7-2-1-3-9-10(7)11(8)14-13-9/h1-6H. The first-order chi connectivity index (χ1) is 6.90. The summed E-state index contributed by atoms with van der Waals surface area (Å²) in [5, 5.41) is 2.47. The predicted octanol–water partition coefficient (Wildman–Crippen LogP) is 3.77. The van der Waals surface area contributed by atoms with Gasteiger partial charge in [-0.05, 0) is 17.5 Å². The van der Waals surface area contributed by atoms with E-state index >= 15 is 0 Å². The van der Waals surface area contributed by atoms with Gasteiger partial charge in [-0.15, -0.1) is 0 Å². The van der Waals surface area contributed by atoms with Crippen LogP contribution in [0.1, 0.15) is 10.4 Å². The van der Waals surface area contributed by atoms with Crippen molar-refractivity contribution in [2.45, 2.75) is 9.79 Å². The van der Waals surface area contributed by atoms with E-state index in [2.05, 4.69) is 18.2 Å². The van der Waals surface area contributed by atoms with Gasteiger partial charge in [0.15, 0.2) is 6.29 Å². The Morgan fingerprint density at radius 2 is 2.00 bits per heavy atom. The van der Waals surface area contributed by atoms with Crippen LogP contribution >= 0.6 is 21.6 Å². The molecule has 14 heavy (non-hydrogen) atoms. The van der Waals surface area contributed by atoms with Gasteiger partial charge in [-0.25, -0.2) is 0 Å². The van der Waals surface area contributed by atoms with Gasteiger partial charge in [0.2, 0.25) is 0 Å². The second-order valence-electron chi connectivity index (χ2n) is 3.12. The summed E-state index contributed by atoms with van der Waals surface area (Å²) in [6.07, 6.45) is 0.935. The van der Waals surface area contributed by atoms with Crippen molar-refractivity contribution in [2.75, 3.05) is 0 Å². The van der Waals surface area contributed by atoms with Gasteiger partial charge in [0, 0.05) is 20.7 Å². The number of carbonyl (C=O) groups is 1. The average molecular weight is 218 g/mol. The quantitative estimate of drug-likeness (QED) is 0.536. The highest BCUT2D eigenvalue weighted by molar-refractivity contribution is 8.77. The molecule has 0 fully saturated rings. The second-order valence-corrected chi connectivity index (χ2v) is 5.30. The van der Waals surface area contributed by atoms with Crippen LogP contribution in [-0.2, 0) is 0 Å². The fourth-order valence-electron chi connectivity index (χ4n) is 1.67. The van der Waals surface area contributed by atoms with Gasteiger partial charge in [-0.3, -0.25) is 4.79 Å². The molecule has 1 nitrogen and oxygen atoms in total. The first kappa shape index (κ1) is 8.38. The van der Waals surface area contributed by atoms with Crippen LogP contribution < -0.4 is 0 Å². The smallest absolute Gasteiger partial charge is 0.151 e. The molecule has 0 radical (unpaired) electrons. The molecule has 2 aromatic rings. The lowest BCUT2D eigenvalue weighted by atomic mass is 10.1. The predicted molar refractivity (Wildman–Crippen MR) is 61.0 cm³/mol. The van der Waals surface area contributed by atoms with Gasteiger partial charge in [0.05, 0.1) is 0 Å². The molecule has 0 bridgehead atoms. The fraction of sp³-hybridized carbons (Fsp3) is 0. The van der Waals surface area contributed by atoms with E-state index in [-0.39, 0.29) is 0 Å². The summed E-state index contributed by atoms with van der Waals surface area (Å²) in [4.78, 5) is 13.2. The van der Waals surface area contributed by atoms with Crippen LogP contribution in [0.3, 0.4) is 0 Å². The van der Waals surface area contributed by atoms with Crippen molar-refractivity contribution < 1.29 is 4.79 Å². The van der Waals surface area contributed by atoms with E-state index in [1.54, 1.807) is 21.6 Å². The molecule has 2 aromatic carbocycles. The van der Waals surface area contributed by atoms with E-state index in [9.17, 15) is 4.79 Å². The summed E-state index contributed by atoms with van der Waals surface area (Å²) in [7, 11) is 3.42. The number of carbonyl (C=O) groups excluding carboxylic acids is 1. The molecule has 0 atom stereocenters. The van der Waals surface area contributed by atoms with E-state index in [1.165, 1.54) is 15.7 Å². The molecule has 1 heterocycles. The Balaban J connectivity index is 2.51. The van der Waals surface area contributed by atoms with Crippen LogP contribution in [-0.4, -0.2) is 6.29 Å². The van der Waals surface area contributed by atoms with Crippen molar-refractivity contribution in [2.24, 2.45) is 0 Å². The van der Waals surface area contributed by atoms with Crippen LogP contribution in [0.2, 0.25) is 0 Å². The average Bonchev–Trinajstić information content (AvgIpc) is 2.66. The lowest BCUT2D eigenvalue weighted by molar-refractivity contribution is 0.112. The minimum atomic E-state index is 0.806. The third-order valence-electron chi connectivity index (χ3n) is 2.33. The highest BCUT2D eigenvalue weighted by atomic mass is 33.1. The second kappa shape index (κ2) is 3.04. The molecule has 1 aliphatic heterocycles. The molecule has 0 unspecified atom stereocenters. The van der Waals surface area contributed by atoms with Gasteiger partial charge >= 0.3 is 0 Å². The first-order valence-corrected chi connectivity index (χ1v) is 6.40. The highest BCUT2D eigenvalue weighted by Crippen LogP contribution is 2.52. The molecule has 0 amide bonds. The number of rotatable bonds is 1. The maximum Gasteiger partial charge on any atom is 0.151 e. The van der Waals surface area contributed by atoms with Crippen molar-refractivity contribution in [3.8, 4) is 0 Å². The maximum atomic E-state index is 10.8. The van der Waals surface area contributed by atoms with Crippen LogP contribution in [0.5, 0.6) is 0 Å². The summed E-state index contributed by atoms with van der Waals surface area (Å²) in [5.74, 6) is 0. The molecule has 0 aromatic heterocycles. The minimum absolute atomic E-state index is 0.806. The maximum absolute atomic E-state index is 10.8. The summed E-state index contributed by atoms with van der Waals surface area (Å²) in [5.41, 5.74) is 0.806. The van der Waals surface area contributed by atoms with Crippen molar-refractivity contribution >= 4 is 38.6 Å². The Labute approximate surface area is 89.3 Å². The Hall–Kier alpha value is -0.930. The molecule has 68 valence electrons.